The zero-order valence-corrected chi connectivity index (χ0v) is 10.6. The van der Waals surface area contributed by atoms with Crippen molar-refractivity contribution >= 4 is 28.9 Å². The van der Waals surface area contributed by atoms with Crippen LogP contribution in [0.4, 0.5) is 11.4 Å². The van der Waals surface area contributed by atoms with Gasteiger partial charge in [0.2, 0.25) is 0 Å². The molecule has 0 aliphatic rings. The van der Waals surface area contributed by atoms with Crippen LogP contribution in [0.2, 0.25) is 5.02 Å². The van der Waals surface area contributed by atoms with Gasteiger partial charge >= 0.3 is 0 Å². The Balaban J connectivity index is 2.32. The molecule has 2 rings (SSSR count). The highest BCUT2D eigenvalue weighted by atomic mass is 35.5. The average Bonchev–Trinajstić information content (AvgIpc) is 2.38. The zero-order valence-electron chi connectivity index (χ0n) is 9.80. The van der Waals surface area contributed by atoms with E-state index in [2.05, 4.69) is 4.98 Å². The summed E-state index contributed by atoms with van der Waals surface area (Å²) in [6, 6.07) is 8.35. The van der Waals surface area contributed by atoms with Crippen LogP contribution >= 0.6 is 11.6 Å². The van der Waals surface area contributed by atoms with Crippen LogP contribution in [-0.2, 0) is 0 Å². The minimum absolute atomic E-state index is 0.189. The molecule has 4 nitrogen and oxygen atoms in total. The van der Waals surface area contributed by atoms with Crippen molar-refractivity contribution in [2.24, 2.45) is 0 Å². The van der Waals surface area contributed by atoms with Crippen molar-refractivity contribution < 1.29 is 4.79 Å². The third-order valence-electron chi connectivity index (χ3n) is 2.58. The Hall–Kier alpha value is -2.07. The van der Waals surface area contributed by atoms with Crippen molar-refractivity contribution in [2.75, 3.05) is 17.7 Å². The molecule has 18 heavy (non-hydrogen) atoms. The first kappa shape index (κ1) is 12.4. The van der Waals surface area contributed by atoms with Gasteiger partial charge < -0.3 is 10.6 Å². The lowest BCUT2D eigenvalue weighted by Crippen LogP contribution is -2.26. The predicted molar refractivity (Wildman–Crippen MR) is 72.8 cm³/mol. The maximum absolute atomic E-state index is 12.3. The number of benzene rings is 1. The van der Waals surface area contributed by atoms with Crippen molar-refractivity contribution in [1.29, 1.82) is 0 Å². The lowest BCUT2D eigenvalue weighted by atomic mass is 10.1. The quantitative estimate of drug-likeness (QED) is 0.846. The molecule has 0 atom stereocenters. The van der Waals surface area contributed by atoms with Gasteiger partial charge in [-0.15, -0.1) is 0 Å². The molecule has 0 saturated carbocycles. The van der Waals surface area contributed by atoms with Crippen LogP contribution in [0.3, 0.4) is 0 Å². The molecule has 0 saturated heterocycles. The Morgan fingerprint density at radius 3 is 2.56 bits per heavy atom. The van der Waals surface area contributed by atoms with Gasteiger partial charge in [0, 0.05) is 30.8 Å². The molecule has 1 aromatic heterocycles. The number of pyridine rings is 1. The third-order valence-corrected chi connectivity index (χ3v) is 2.89. The van der Waals surface area contributed by atoms with E-state index >= 15 is 0 Å². The molecule has 1 amide bonds. The number of hydrogen-bond acceptors (Lipinski definition) is 3. The highest BCUT2D eigenvalue weighted by molar-refractivity contribution is 6.34. The molecule has 0 spiro atoms. The second-order valence-electron chi connectivity index (χ2n) is 3.81. The van der Waals surface area contributed by atoms with Gasteiger partial charge in [-0.25, -0.2) is 0 Å². The number of nitrogens with zero attached hydrogens (tertiary/aromatic N) is 2. The largest absolute Gasteiger partial charge is 0.399 e. The first-order chi connectivity index (χ1) is 8.59. The summed E-state index contributed by atoms with van der Waals surface area (Å²) in [4.78, 5) is 17.7. The standard InChI is InChI=1S/C13H12ClN3O/c1-17(10-4-6-16-7-5-10)13(18)11-3-2-9(15)8-12(11)14/h2-8H,15H2,1H3. The summed E-state index contributed by atoms with van der Waals surface area (Å²) in [5.41, 5.74) is 7.30. The van der Waals surface area contributed by atoms with Gasteiger partial charge in [-0.05, 0) is 30.3 Å². The van der Waals surface area contributed by atoms with Crippen molar-refractivity contribution in [2.45, 2.75) is 0 Å². The van der Waals surface area contributed by atoms with Crippen molar-refractivity contribution in [3.63, 3.8) is 0 Å². The Morgan fingerprint density at radius 2 is 1.94 bits per heavy atom. The van der Waals surface area contributed by atoms with Crippen LogP contribution in [0.25, 0.3) is 0 Å². The van der Waals surface area contributed by atoms with E-state index in [-0.39, 0.29) is 5.91 Å². The maximum Gasteiger partial charge on any atom is 0.259 e. The highest BCUT2D eigenvalue weighted by Gasteiger charge is 2.16. The number of rotatable bonds is 2. The van der Waals surface area contributed by atoms with E-state index in [4.69, 9.17) is 17.3 Å². The van der Waals surface area contributed by atoms with Crippen molar-refractivity contribution in [3.8, 4) is 0 Å². The summed E-state index contributed by atoms with van der Waals surface area (Å²) in [5, 5.41) is 0.348. The van der Waals surface area contributed by atoms with Crippen molar-refractivity contribution in [3.05, 3.63) is 53.3 Å². The molecule has 5 heteroatoms. The number of nitrogens with two attached hydrogens (primary N) is 1. The summed E-state index contributed by atoms with van der Waals surface area (Å²) >= 11 is 6.02. The summed E-state index contributed by atoms with van der Waals surface area (Å²) in [7, 11) is 1.68. The van der Waals surface area contributed by atoms with Gasteiger partial charge in [-0.3, -0.25) is 9.78 Å². The molecule has 0 unspecified atom stereocenters. The normalized spacial score (nSPS) is 10.1. The van der Waals surface area contributed by atoms with Gasteiger partial charge in [-0.1, -0.05) is 11.6 Å². The summed E-state index contributed by atoms with van der Waals surface area (Å²) in [6.07, 6.45) is 3.26. The molecule has 0 bridgehead atoms. The van der Waals surface area contributed by atoms with E-state index < -0.39 is 0 Å². The van der Waals surface area contributed by atoms with Crippen LogP contribution in [0.15, 0.2) is 42.7 Å². The van der Waals surface area contributed by atoms with Gasteiger partial charge in [0.05, 0.1) is 10.6 Å². The van der Waals surface area contributed by atoms with E-state index in [1.165, 1.54) is 4.90 Å². The summed E-state index contributed by atoms with van der Waals surface area (Å²) < 4.78 is 0. The number of nitrogen functional groups attached to an aromatic ring is 1. The minimum Gasteiger partial charge on any atom is -0.399 e. The first-order valence-electron chi connectivity index (χ1n) is 5.32. The number of amides is 1. The van der Waals surface area contributed by atoms with Gasteiger partial charge in [0.25, 0.3) is 5.91 Å². The molecule has 0 aliphatic heterocycles. The lowest BCUT2D eigenvalue weighted by molar-refractivity contribution is 0.0993. The average molecular weight is 262 g/mol. The lowest BCUT2D eigenvalue weighted by Gasteiger charge is -2.17. The molecule has 1 heterocycles. The molecule has 0 fully saturated rings. The molecule has 1 aromatic carbocycles. The Morgan fingerprint density at radius 1 is 1.28 bits per heavy atom. The van der Waals surface area contributed by atoms with Crippen LogP contribution in [0.5, 0.6) is 0 Å². The van der Waals surface area contributed by atoms with E-state index in [1.54, 1.807) is 49.8 Å². The summed E-state index contributed by atoms with van der Waals surface area (Å²) in [6.45, 7) is 0. The molecular weight excluding hydrogens is 250 g/mol. The fraction of sp³-hybridized carbons (Fsp3) is 0.0769. The maximum atomic E-state index is 12.3. The molecule has 0 radical (unpaired) electrons. The minimum atomic E-state index is -0.189. The number of carbonyl (C=O) groups excluding carboxylic acids is 1. The van der Waals surface area contributed by atoms with Gasteiger partial charge in [-0.2, -0.15) is 0 Å². The van der Waals surface area contributed by atoms with Crippen molar-refractivity contribution in [1.82, 2.24) is 4.98 Å². The fourth-order valence-corrected chi connectivity index (χ4v) is 1.84. The monoisotopic (exact) mass is 261 g/mol. The van der Waals surface area contributed by atoms with E-state index in [0.717, 1.165) is 5.69 Å². The second-order valence-corrected chi connectivity index (χ2v) is 4.22. The van der Waals surface area contributed by atoms with Crippen LogP contribution in [0, 0.1) is 0 Å². The second kappa shape index (κ2) is 5.06. The molecular formula is C13H12ClN3O. The third kappa shape index (κ3) is 2.43. The van der Waals surface area contributed by atoms with E-state index in [0.29, 0.717) is 16.3 Å². The molecule has 92 valence electrons. The van der Waals surface area contributed by atoms with Gasteiger partial charge in [0.15, 0.2) is 0 Å². The Labute approximate surface area is 110 Å². The number of aromatic nitrogens is 1. The first-order valence-corrected chi connectivity index (χ1v) is 5.70. The number of hydrogen-bond donors (Lipinski definition) is 1. The Kier molecular flexibility index (Phi) is 3.48. The SMILES string of the molecule is CN(C(=O)c1ccc(N)cc1Cl)c1ccncc1. The topological polar surface area (TPSA) is 59.2 Å². The predicted octanol–water partition coefficient (Wildman–Crippen LogP) is 2.59. The zero-order chi connectivity index (χ0) is 13.1. The van der Waals surface area contributed by atoms with Crippen LogP contribution in [-0.4, -0.2) is 17.9 Å². The number of anilines is 2. The van der Waals surface area contributed by atoms with Gasteiger partial charge in [0.1, 0.15) is 0 Å². The van der Waals surface area contributed by atoms with Crippen LogP contribution in [0.1, 0.15) is 10.4 Å². The highest BCUT2D eigenvalue weighted by Crippen LogP contribution is 2.22. The summed E-state index contributed by atoms with van der Waals surface area (Å²) in [5.74, 6) is -0.189. The van der Waals surface area contributed by atoms with Crippen LogP contribution < -0.4 is 10.6 Å². The Bertz CT molecular complexity index is 572. The van der Waals surface area contributed by atoms with E-state index in [1.807, 2.05) is 0 Å². The fourth-order valence-electron chi connectivity index (χ4n) is 1.57. The van der Waals surface area contributed by atoms with E-state index in [9.17, 15) is 4.79 Å². The number of carbonyl (C=O) groups is 1. The molecule has 2 N–H and O–H groups in total. The molecule has 2 aromatic rings. The number of halogens is 1. The smallest absolute Gasteiger partial charge is 0.259 e. The molecule has 0 aliphatic carbocycles.